The Balaban J connectivity index is 0.00000192. The van der Waals surface area contributed by atoms with Gasteiger partial charge in [0, 0.05) is 51.7 Å². The topological polar surface area (TPSA) is 53.8 Å². The Morgan fingerprint density at radius 2 is 2.13 bits per heavy atom. The summed E-state index contributed by atoms with van der Waals surface area (Å²) in [4.78, 5) is 6.84. The van der Waals surface area contributed by atoms with Crippen molar-refractivity contribution in [1.82, 2.24) is 20.1 Å². The molecule has 2 atom stereocenters. The molecule has 0 aliphatic carbocycles. The summed E-state index contributed by atoms with van der Waals surface area (Å²) < 4.78 is 8.11. The SMILES string of the molecule is CN=C(NCCn1cccc1)NCC1CN2CCCC2CO1.I. The first kappa shape index (κ1) is 18.5. The number of fused-ring (bicyclic) bond motifs is 1. The number of nitrogens with one attached hydrogen (secondary N) is 2. The van der Waals surface area contributed by atoms with E-state index < -0.39 is 0 Å². The molecule has 0 bridgehead atoms. The molecule has 2 fully saturated rings. The third-order valence-corrected chi connectivity index (χ3v) is 4.51. The Morgan fingerprint density at radius 1 is 1.30 bits per heavy atom. The lowest BCUT2D eigenvalue weighted by Crippen LogP contribution is -2.51. The first-order chi connectivity index (χ1) is 10.8. The highest BCUT2D eigenvalue weighted by molar-refractivity contribution is 14.0. The number of aliphatic imine (C=N–C) groups is 1. The summed E-state index contributed by atoms with van der Waals surface area (Å²) in [6.07, 6.45) is 7.01. The van der Waals surface area contributed by atoms with E-state index in [0.29, 0.717) is 6.04 Å². The molecule has 23 heavy (non-hydrogen) atoms. The van der Waals surface area contributed by atoms with Crippen LogP contribution in [0, 0.1) is 0 Å². The molecule has 0 radical (unpaired) electrons. The van der Waals surface area contributed by atoms with Crippen LogP contribution in [-0.4, -0.2) is 67.4 Å². The predicted octanol–water partition coefficient (Wildman–Crippen LogP) is 1.13. The van der Waals surface area contributed by atoms with Gasteiger partial charge in [-0.05, 0) is 31.5 Å². The number of guanidine groups is 1. The molecule has 1 aromatic rings. The fraction of sp³-hybridized carbons (Fsp3) is 0.688. The van der Waals surface area contributed by atoms with Crippen molar-refractivity contribution < 1.29 is 4.74 Å². The predicted molar refractivity (Wildman–Crippen MR) is 104 cm³/mol. The normalized spacial score (nSPS) is 24.8. The third-order valence-electron chi connectivity index (χ3n) is 4.51. The van der Waals surface area contributed by atoms with Gasteiger partial charge in [-0.2, -0.15) is 0 Å². The maximum atomic E-state index is 5.96. The summed E-state index contributed by atoms with van der Waals surface area (Å²) in [6.45, 7) is 5.75. The molecule has 1 aromatic heterocycles. The molecule has 2 unspecified atom stereocenters. The summed E-state index contributed by atoms with van der Waals surface area (Å²) in [5, 5.41) is 6.72. The molecule has 0 aromatic carbocycles. The van der Waals surface area contributed by atoms with Crippen molar-refractivity contribution in [2.45, 2.75) is 31.5 Å². The van der Waals surface area contributed by atoms with Gasteiger partial charge in [-0.15, -0.1) is 24.0 Å². The lowest BCUT2D eigenvalue weighted by Gasteiger charge is -2.35. The number of aromatic nitrogens is 1. The van der Waals surface area contributed by atoms with E-state index in [1.807, 2.05) is 19.2 Å². The fourth-order valence-electron chi connectivity index (χ4n) is 3.26. The fourth-order valence-corrected chi connectivity index (χ4v) is 3.26. The number of hydrogen-bond acceptors (Lipinski definition) is 3. The molecule has 7 heteroatoms. The minimum Gasteiger partial charge on any atom is -0.373 e. The molecule has 0 spiro atoms. The number of halogens is 1. The van der Waals surface area contributed by atoms with E-state index in [0.717, 1.165) is 38.7 Å². The van der Waals surface area contributed by atoms with Gasteiger partial charge < -0.3 is 19.9 Å². The smallest absolute Gasteiger partial charge is 0.191 e. The van der Waals surface area contributed by atoms with Gasteiger partial charge in [0.05, 0.1) is 12.7 Å². The standard InChI is InChI=1S/C16H27N5O.HI/c1-17-16(18-6-10-20-7-2-3-8-20)19-11-15-12-21-9-4-5-14(21)13-22-15;/h2-3,7-8,14-15H,4-6,9-13H2,1H3,(H2,17,18,19);1H. The van der Waals surface area contributed by atoms with Crippen molar-refractivity contribution in [3.8, 4) is 0 Å². The molecular weight excluding hydrogens is 405 g/mol. The van der Waals surface area contributed by atoms with Gasteiger partial charge in [-0.1, -0.05) is 0 Å². The van der Waals surface area contributed by atoms with E-state index >= 15 is 0 Å². The number of ether oxygens (including phenoxy) is 1. The van der Waals surface area contributed by atoms with Crippen LogP contribution in [0.15, 0.2) is 29.5 Å². The summed E-state index contributed by atoms with van der Waals surface area (Å²) >= 11 is 0. The first-order valence-electron chi connectivity index (χ1n) is 8.26. The summed E-state index contributed by atoms with van der Waals surface area (Å²) in [5.41, 5.74) is 0. The summed E-state index contributed by atoms with van der Waals surface area (Å²) in [6, 6.07) is 4.74. The zero-order chi connectivity index (χ0) is 15.2. The van der Waals surface area contributed by atoms with Crippen molar-refractivity contribution in [1.29, 1.82) is 0 Å². The van der Waals surface area contributed by atoms with Gasteiger partial charge in [-0.25, -0.2) is 0 Å². The second kappa shape index (κ2) is 9.48. The van der Waals surface area contributed by atoms with Crippen molar-refractivity contribution in [2.75, 3.05) is 39.8 Å². The Labute approximate surface area is 155 Å². The van der Waals surface area contributed by atoms with Crippen LogP contribution >= 0.6 is 24.0 Å². The largest absolute Gasteiger partial charge is 0.373 e. The van der Waals surface area contributed by atoms with Crippen LogP contribution < -0.4 is 10.6 Å². The zero-order valence-corrected chi connectivity index (χ0v) is 16.1. The van der Waals surface area contributed by atoms with Gasteiger partial charge in [0.1, 0.15) is 0 Å². The number of hydrogen-bond donors (Lipinski definition) is 2. The lowest BCUT2D eigenvalue weighted by molar-refractivity contribution is -0.0453. The van der Waals surface area contributed by atoms with E-state index in [2.05, 4.69) is 37.5 Å². The molecule has 2 aliphatic heterocycles. The van der Waals surface area contributed by atoms with Crippen LogP contribution in [0.25, 0.3) is 0 Å². The Bertz CT molecular complexity index is 479. The Morgan fingerprint density at radius 3 is 2.91 bits per heavy atom. The quantitative estimate of drug-likeness (QED) is 0.416. The van der Waals surface area contributed by atoms with Gasteiger partial charge in [0.15, 0.2) is 5.96 Å². The first-order valence-corrected chi connectivity index (χ1v) is 8.26. The molecule has 0 saturated carbocycles. The number of nitrogens with zero attached hydrogens (tertiary/aromatic N) is 3. The van der Waals surface area contributed by atoms with Crippen LogP contribution in [0.1, 0.15) is 12.8 Å². The molecule has 2 saturated heterocycles. The third kappa shape index (κ3) is 5.36. The molecule has 3 rings (SSSR count). The Kier molecular flexibility index (Phi) is 7.64. The highest BCUT2D eigenvalue weighted by Gasteiger charge is 2.31. The van der Waals surface area contributed by atoms with Crippen LogP contribution in [0.2, 0.25) is 0 Å². The molecule has 6 nitrogen and oxygen atoms in total. The van der Waals surface area contributed by atoms with Crippen LogP contribution in [0.5, 0.6) is 0 Å². The maximum absolute atomic E-state index is 5.96. The second-order valence-electron chi connectivity index (χ2n) is 6.05. The lowest BCUT2D eigenvalue weighted by atomic mass is 10.2. The van der Waals surface area contributed by atoms with E-state index in [1.165, 1.54) is 19.4 Å². The summed E-state index contributed by atoms with van der Waals surface area (Å²) in [7, 11) is 1.81. The van der Waals surface area contributed by atoms with Crippen molar-refractivity contribution in [3.05, 3.63) is 24.5 Å². The van der Waals surface area contributed by atoms with Gasteiger partial charge >= 0.3 is 0 Å². The zero-order valence-electron chi connectivity index (χ0n) is 13.8. The molecule has 2 aliphatic rings. The van der Waals surface area contributed by atoms with E-state index in [-0.39, 0.29) is 30.1 Å². The highest BCUT2D eigenvalue weighted by Crippen LogP contribution is 2.22. The van der Waals surface area contributed by atoms with Gasteiger partial charge in [-0.3, -0.25) is 9.89 Å². The number of rotatable bonds is 5. The van der Waals surface area contributed by atoms with Crippen molar-refractivity contribution in [2.24, 2.45) is 4.99 Å². The van der Waals surface area contributed by atoms with Crippen LogP contribution in [0.3, 0.4) is 0 Å². The average molecular weight is 433 g/mol. The number of morpholine rings is 1. The molecule has 3 heterocycles. The minimum absolute atomic E-state index is 0. The van der Waals surface area contributed by atoms with E-state index in [9.17, 15) is 0 Å². The van der Waals surface area contributed by atoms with Crippen LogP contribution in [-0.2, 0) is 11.3 Å². The highest BCUT2D eigenvalue weighted by atomic mass is 127. The second-order valence-corrected chi connectivity index (χ2v) is 6.05. The van der Waals surface area contributed by atoms with Gasteiger partial charge in [0.2, 0.25) is 0 Å². The van der Waals surface area contributed by atoms with Crippen molar-refractivity contribution in [3.63, 3.8) is 0 Å². The van der Waals surface area contributed by atoms with Gasteiger partial charge in [0.25, 0.3) is 0 Å². The molecular formula is C16H28IN5O. The minimum atomic E-state index is 0. The average Bonchev–Trinajstić information content (AvgIpc) is 3.21. The Hall–Kier alpha value is -0.800. The van der Waals surface area contributed by atoms with Crippen LogP contribution in [0.4, 0.5) is 0 Å². The van der Waals surface area contributed by atoms with Crippen molar-refractivity contribution >= 4 is 29.9 Å². The maximum Gasteiger partial charge on any atom is 0.191 e. The molecule has 2 N–H and O–H groups in total. The molecule has 130 valence electrons. The monoisotopic (exact) mass is 433 g/mol. The van der Waals surface area contributed by atoms with E-state index in [4.69, 9.17) is 4.74 Å². The van der Waals surface area contributed by atoms with E-state index in [1.54, 1.807) is 0 Å². The molecule has 0 amide bonds. The summed E-state index contributed by atoms with van der Waals surface area (Å²) in [5.74, 6) is 0.847.